The lowest BCUT2D eigenvalue weighted by molar-refractivity contribution is 0.116. The van der Waals surface area contributed by atoms with E-state index in [2.05, 4.69) is 22.1 Å². The fraction of sp³-hybridized carbons (Fsp3) is 0.600. The van der Waals surface area contributed by atoms with Gasteiger partial charge in [0, 0.05) is 12.6 Å². The molecule has 114 valence electrons. The summed E-state index contributed by atoms with van der Waals surface area (Å²) in [7, 11) is 2.09. The van der Waals surface area contributed by atoms with Gasteiger partial charge in [-0.15, -0.1) is 0 Å². The molecule has 1 aliphatic carbocycles. The topological polar surface area (TPSA) is 75.5 Å². The van der Waals surface area contributed by atoms with Crippen LogP contribution in [0.4, 0.5) is 0 Å². The van der Waals surface area contributed by atoms with Gasteiger partial charge in [0.25, 0.3) is 0 Å². The van der Waals surface area contributed by atoms with Gasteiger partial charge < -0.3 is 14.0 Å². The molecule has 0 atom stereocenters. The lowest BCUT2D eigenvalue weighted by Gasteiger charge is -2.33. The summed E-state index contributed by atoms with van der Waals surface area (Å²) in [5.74, 6) is 1.67. The van der Waals surface area contributed by atoms with Crippen molar-refractivity contribution in [2.45, 2.75) is 38.3 Å². The van der Waals surface area contributed by atoms with Gasteiger partial charge in [0.15, 0.2) is 0 Å². The summed E-state index contributed by atoms with van der Waals surface area (Å²) in [6.07, 6.45) is 7.62. The first-order valence-electron chi connectivity index (χ1n) is 7.42. The molecule has 0 aliphatic heterocycles. The van der Waals surface area contributed by atoms with E-state index >= 15 is 0 Å². The number of hydrogen-bond acceptors (Lipinski definition) is 6. The Hall–Kier alpha value is -1.66. The highest BCUT2D eigenvalue weighted by atomic mass is 16.5. The summed E-state index contributed by atoms with van der Waals surface area (Å²) in [5.41, 5.74) is 0.830. The number of aliphatic hydroxyl groups excluding tert-OH is 1. The predicted molar refractivity (Wildman–Crippen MR) is 76.3 cm³/mol. The van der Waals surface area contributed by atoms with Crippen molar-refractivity contribution in [2.24, 2.45) is 5.92 Å². The Kier molecular flexibility index (Phi) is 4.36. The van der Waals surface area contributed by atoms with Gasteiger partial charge in [-0.25, -0.2) is 0 Å². The molecule has 0 aromatic carbocycles. The van der Waals surface area contributed by atoms with E-state index < -0.39 is 0 Å². The lowest BCUT2D eigenvalue weighted by atomic mass is 9.86. The number of rotatable bonds is 5. The normalized spacial score (nSPS) is 22.8. The van der Waals surface area contributed by atoms with Crippen molar-refractivity contribution in [3.63, 3.8) is 0 Å². The number of furan rings is 1. The molecule has 2 aromatic rings. The molecule has 21 heavy (non-hydrogen) atoms. The largest absolute Gasteiger partial charge is 0.472 e. The first-order chi connectivity index (χ1) is 10.3. The van der Waals surface area contributed by atoms with E-state index in [1.807, 2.05) is 6.07 Å². The zero-order valence-corrected chi connectivity index (χ0v) is 12.2. The second-order valence-corrected chi connectivity index (χ2v) is 5.80. The average Bonchev–Trinajstić information content (AvgIpc) is 3.18. The maximum absolute atomic E-state index is 9.19. The highest BCUT2D eigenvalue weighted by Crippen LogP contribution is 2.27. The molecule has 1 N–H and O–H groups in total. The van der Waals surface area contributed by atoms with Crippen LogP contribution in [0.1, 0.15) is 31.6 Å². The fourth-order valence-electron chi connectivity index (χ4n) is 2.94. The molecular weight excluding hydrogens is 270 g/mol. The molecule has 6 nitrogen and oxygen atoms in total. The third kappa shape index (κ3) is 3.33. The minimum Gasteiger partial charge on any atom is -0.472 e. The summed E-state index contributed by atoms with van der Waals surface area (Å²) < 4.78 is 10.3. The molecule has 6 heteroatoms. The van der Waals surface area contributed by atoms with Gasteiger partial charge >= 0.3 is 0 Å². The van der Waals surface area contributed by atoms with E-state index in [4.69, 9.17) is 8.94 Å². The quantitative estimate of drug-likeness (QED) is 0.911. The summed E-state index contributed by atoms with van der Waals surface area (Å²) in [6.45, 7) is 0.966. The Labute approximate surface area is 123 Å². The van der Waals surface area contributed by atoms with Crippen LogP contribution in [-0.2, 0) is 6.54 Å². The van der Waals surface area contributed by atoms with E-state index in [1.165, 1.54) is 0 Å². The Morgan fingerprint density at radius 2 is 2.14 bits per heavy atom. The van der Waals surface area contributed by atoms with Crippen LogP contribution in [0.15, 0.2) is 27.5 Å². The standard InChI is InChI=1S/C15H21N3O3/c1-18(13-4-2-11(9-19)3-5-13)8-14-16-15(17-21-14)12-6-7-20-10-12/h6-7,10-11,13,19H,2-5,8-9H2,1H3. The molecule has 2 aromatic heterocycles. The van der Waals surface area contributed by atoms with Crippen LogP contribution in [0, 0.1) is 5.92 Å². The van der Waals surface area contributed by atoms with E-state index in [0.29, 0.717) is 36.8 Å². The molecular formula is C15H21N3O3. The number of hydrogen-bond donors (Lipinski definition) is 1. The van der Waals surface area contributed by atoms with Gasteiger partial charge in [0.2, 0.25) is 11.7 Å². The van der Waals surface area contributed by atoms with Crippen LogP contribution in [0.25, 0.3) is 11.4 Å². The summed E-state index contributed by atoms with van der Waals surface area (Å²) in [5, 5.41) is 13.2. The molecule has 0 bridgehead atoms. The molecule has 0 saturated heterocycles. The Morgan fingerprint density at radius 1 is 1.33 bits per heavy atom. The molecule has 1 fully saturated rings. The van der Waals surface area contributed by atoms with E-state index in [9.17, 15) is 5.11 Å². The zero-order chi connectivity index (χ0) is 14.7. The summed E-state index contributed by atoms with van der Waals surface area (Å²) in [6, 6.07) is 2.34. The van der Waals surface area contributed by atoms with Crippen molar-refractivity contribution in [3.05, 3.63) is 24.5 Å². The Bertz CT molecular complexity index is 544. The molecule has 0 amide bonds. The molecule has 0 unspecified atom stereocenters. The van der Waals surface area contributed by atoms with Crippen LogP contribution in [-0.4, -0.2) is 39.8 Å². The Morgan fingerprint density at radius 3 is 2.81 bits per heavy atom. The number of aromatic nitrogens is 2. The summed E-state index contributed by atoms with van der Waals surface area (Å²) >= 11 is 0. The molecule has 2 heterocycles. The average molecular weight is 291 g/mol. The molecule has 1 aliphatic rings. The monoisotopic (exact) mass is 291 g/mol. The zero-order valence-electron chi connectivity index (χ0n) is 12.2. The van der Waals surface area contributed by atoms with Crippen LogP contribution in [0.2, 0.25) is 0 Å². The maximum atomic E-state index is 9.19. The first kappa shape index (κ1) is 14.3. The van der Waals surface area contributed by atoms with Crippen LogP contribution in [0.5, 0.6) is 0 Å². The van der Waals surface area contributed by atoms with Crippen molar-refractivity contribution >= 4 is 0 Å². The minimum atomic E-state index is 0.314. The minimum absolute atomic E-state index is 0.314. The number of aliphatic hydroxyl groups is 1. The van der Waals surface area contributed by atoms with Crippen molar-refractivity contribution in [1.82, 2.24) is 15.0 Å². The smallest absolute Gasteiger partial charge is 0.241 e. The van der Waals surface area contributed by atoms with E-state index in [-0.39, 0.29) is 0 Å². The molecule has 0 spiro atoms. The van der Waals surface area contributed by atoms with Crippen LogP contribution in [0.3, 0.4) is 0 Å². The molecule has 0 radical (unpaired) electrons. The van der Waals surface area contributed by atoms with Crippen LogP contribution < -0.4 is 0 Å². The SMILES string of the molecule is CN(Cc1nc(-c2ccoc2)no1)C1CCC(CO)CC1. The van der Waals surface area contributed by atoms with Crippen molar-refractivity contribution < 1.29 is 14.0 Å². The highest BCUT2D eigenvalue weighted by molar-refractivity contribution is 5.51. The van der Waals surface area contributed by atoms with Gasteiger partial charge in [-0.1, -0.05) is 5.16 Å². The summed E-state index contributed by atoms with van der Waals surface area (Å²) in [4.78, 5) is 6.66. The van der Waals surface area contributed by atoms with Crippen molar-refractivity contribution in [1.29, 1.82) is 0 Å². The van der Waals surface area contributed by atoms with E-state index in [0.717, 1.165) is 31.2 Å². The predicted octanol–water partition coefficient (Wildman–Crippen LogP) is 2.31. The van der Waals surface area contributed by atoms with Crippen molar-refractivity contribution in [3.8, 4) is 11.4 Å². The van der Waals surface area contributed by atoms with Crippen LogP contribution >= 0.6 is 0 Å². The van der Waals surface area contributed by atoms with Gasteiger partial charge in [0.1, 0.15) is 6.26 Å². The van der Waals surface area contributed by atoms with Gasteiger partial charge in [-0.3, -0.25) is 4.90 Å². The third-order valence-corrected chi connectivity index (χ3v) is 4.33. The highest BCUT2D eigenvalue weighted by Gasteiger charge is 2.24. The van der Waals surface area contributed by atoms with Gasteiger partial charge in [0.05, 0.1) is 18.4 Å². The second kappa shape index (κ2) is 6.41. The maximum Gasteiger partial charge on any atom is 0.241 e. The molecule has 3 rings (SSSR count). The first-order valence-corrected chi connectivity index (χ1v) is 7.42. The second-order valence-electron chi connectivity index (χ2n) is 5.80. The number of nitrogens with zero attached hydrogens (tertiary/aromatic N) is 3. The van der Waals surface area contributed by atoms with Gasteiger partial charge in [-0.05, 0) is 44.7 Å². The van der Waals surface area contributed by atoms with E-state index in [1.54, 1.807) is 12.5 Å². The van der Waals surface area contributed by atoms with Crippen molar-refractivity contribution in [2.75, 3.05) is 13.7 Å². The fourth-order valence-corrected chi connectivity index (χ4v) is 2.94. The van der Waals surface area contributed by atoms with Gasteiger partial charge in [-0.2, -0.15) is 4.98 Å². The lowest BCUT2D eigenvalue weighted by Crippen LogP contribution is -2.35. The Balaban J connectivity index is 1.57. The third-order valence-electron chi connectivity index (χ3n) is 4.33. The molecule has 1 saturated carbocycles.